The largest absolute Gasteiger partial charge is 0.486 e. The van der Waals surface area contributed by atoms with Crippen LogP contribution in [0.3, 0.4) is 0 Å². The van der Waals surface area contributed by atoms with E-state index in [1.165, 1.54) is 0 Å². The van der Waals surface area contributed by atoms with Crippen molar-refractivity contribution in [3.05, 3.63) is 0 Å². The Morgan fingerprint density at radius 3 is 1.62 bits per heavy atom. The Bertz CT molecular complexity index is 280. The molecule has 0 rings (SSSR count). The fourth-order valence-electron chi connectivity index (χ4n) is 1.51. The Kier molecular flexibility index (Phi) is 6.44. The standard InChI is InChI=1S/C9H18BF3O2S/c1-3-5-7-10(8-6-4-2)16(14,15)9(11,12)13/h3-8H2,1-2H3. The molecule has 0 aromatic heterocycles. The Labute approximate surface area is 95.5 Å². The second-order valence-corrected chi connectivity index (χ2v) is 6.12. The molecule has 0 saturated heterocycles. The van der Waals surface area contributed by atoms with Crippen molar-refractivity contribution < 1.29 is 21.6 Å². The zero-order valence-corrected chi connectivity index (χ0v) is 10.5. The third-order valence-electron chi connectivity index (χ3n) is 2.52. The van der Waals surface area contributed by atoms with E-state index in [2.05, 4.69) is 0 Å². The third kappa shape index (κ3) is 4.35. The Morgan fingerprint density at radius 2 is 1.38 bits per heavy atom. The monoisotopic (exact) mass is 258 g/mol. The fourth-order valence-corrected chi connectivity index (χ4v) is 2.84. The van der Waals surface area contributed by atoms with Crippen molar-refractivity contribution in [1.82, 2.24) is 0 Å². The van der Waals surface area contributed by atoms with E-state index in [9.17, 15) is 21.6 Å². The summed E-state index contributed by atoms with van der Waals surface area (Å²) >= 11 is 0. The number of rotatable bonds is 7. The third-order valence-corrected chi connectivity index (χ3v) is 4.52. The summed E-state index contributed by atoms with van der Waals surface area (Å²) in [4.78, 5) is 0. The lowest BCUT2D eigenvalue weighted by atomic mass is 9.66. The minimum absolute atomic E-state index is 0.109. The molecule has 0 radical (unpaired) electrons. The molecular formula is C9H18BF3O2S. The normalized spacial score (nSPS) is 12.8. The molecule has 16 heavy (non-hydrogen) atoms. The van der Waals surface area contributed by atoms with Crippen LogP contribution < -0.4 is 0 Å². The van der Waals surface area contributed by atoms with Crippen molar-refractivity contribution >= 4 is 15.7 Å². The van der Waals surface area contributed by atoms with E-state index in [0.29, 0.717) is 25.7 Å². The number of halogens is 3. The van der Waals surface area contributed by atoms with Crippen molar-refractivity contribution in [2.24, 2.45) is 0 Å². The van der Waals surface area contributed by atoms with Crippen LogP contribution in [0.2, 0.25) is 12.6 Å². The van der Waals surface area contributed by atoms with Gasteiger partial charge in [0.05, 0.1) is 0 Å². The second kappa shape index (κ2) is 6.52. The van der Waals surface area contributed by atoms with Gasteiger partial charge in [-0.15, -0.1) is 0 Å². The first-order chi connectivity index (χ1) is 7.27. The maximum Gasteiger partial charge on any atom is 0.486 e. The molecule has 0 amide bonds. The van der Waals surface area contributed by atoms with Gasteiger partial charge in [-0.3, -0.25) is 0 Å². The minimum atomic E-state index is -5.11. The molecule has 0 spiro atoms. The molecule has 0 aromatic carbocycles. The van der Waals surface area contributed by atoms with E-state index in [-0.39, 0.29) is 12.6 Å². The minimum Gasteiger partial charge on any atom is -0.232 e. The topological polar surface area (TPSA) is 34.1 Å². The van der Waals surface area contributed by atoms with E-state index >= 15 is 0 Å². The predicted octanol–water partition coefficient (Wildman–Crippen LogP) is 3.51. The van der Waals surface area contributed by atoms with E-state index in [0.717, 1.165) is 0 Å². The van der Waals surface area contributed by atoms with Gasteiger partial charge >= 0.3 is 11.5 Å². The first kappa shape index (κ1) is 15.8. The molecule has 0 aliphatic rings. The molecule has 2 nitrogen and oxygen atoms in total. The molecule has 0 atom stereocenters. The summed E-state index contributed by atoms with van der Waals surface area (Å²) in [5, 5.41) is 0. The van der Waals surface area contributed by atoms with Crippen molar-refractivity contribution in [2.45, 2.75) is 57.7 Å². The van der Waals surface area contributed by atoms with E-state index in [4.69, 9.17) is 0 Å². The van der Waals surface area contributed by atoms with Gasteiger partial charge in [-0.1, -0.05) is 52.2 Å². The van der Waals surface area contributed by atoms with Crippen LogP contribution in [0.5, 0.6) is 0 Å². The van der Waals surface area contributed by atoms with Crippen LogP contribution in [0.4, 0.5) is 13.2 Å². The quantitative estimate of drug-likeness (QED) is 0.655. The molecule has 0 bridgehead atoms. The molecular weight excluding hydrogens is 240 g/mol. The highest BCUT2D eigenvalue weighted by Crippen LogP contribution is 2.30. The van der Waals surface area contributed by atoms with Crippen molar-refractivity contribution in [3.63, 3.8) is 0 Å². The van der Waals surface area contributed by atoms with Gasteiger partial charge in [0.1, 0.15) is 0 Å². The van der Waals surface area contributed by atoms with Gasteiger partial charge in [0, 0.05) is 0 Å². The van der Waals surface area contributed by atoms with E-state index in [1.807, 2.05) is 13.8 Å². The molecule has 0 unspecified atom stereocenters. The summed E-state index contributed by atoms with van der Waals surface area (Å²) in [6.45, 7) is 3.66. The lowest BCUT2D eigenvalue weighted by molar-refractivity contribution is -0.0415. The van der Waals surface area contributed by atoms with Gasteiger partial charge in [0.2, 0.25) is 9.69 Å². The average molecular weight is 258 g/mol. The maximum absolute atomic E-state index is 12.4. The summed E-state index contributed by atoms with van der Waals surface area (Å²) in [6.07, 6.45) is 2.66. The molecule has 7 heteroatoms. The van der Waals surface area contributed by atoms with E-state index < -0.39 is 21.2 Å². The van der Waals surface area contributed by atoms with Gasteiger partial charge in [0.25, 0.3) is 0 Å². The number of unbranched alkanes of at least 4 members (excludes halogenated alkanes) is 2. The maximum atomic E-state index is 12.4. The SMILES string of the molecule is CCCCB(CCCC)S(=O)(=O)C(F)(F)F. The Balaban J connectivity index is 4.73. The number of alkyl halides is 3. The van der Waals surface area contributed by atoms with Gasteiger partial charge < -0.3 is 0 Å². The predicted molar refractivity (Wildman–Crippen MR) is 60.2 cm³/mol. The van der Waals surface area contributed by atoms with Crippen LogP contribution in [0.1, 0.15) is 39.5 Å². The molecule has 0 N–H and O–H groups in total. The van der Waals surface area contributed by atoms with Crippen LogP contribution in [-0.2, 0) is 9.69 Å². The smallest absolute Gasteiger partial charge is 0.232 e. The summed E-state index contributed by atoms with van der Waals surface area (Å²) in [5.74, 6) is -1.26. The van der Waals surface area contributed by atoms with Crippen LogP contribution >= 0.6 is 0 Å². The summed E-state index contributed by atoms with van der Waals surface area (Å²) < 4.78 is 59.5. The lowest BCUT2D eigenvalue weighted by Gasteiger charge is -2.15. The van der Waals surface area contributed by atoms with Crippen LogP contribution in [0.25, 0.3) is 0 Å². The van der Waals surface area contributed by atoms with Gasteiger partial charge in [0.15, 0.2) is 0 Å². The van der Waals surface area contributed by atoms with Crippen LogP contribution in [0.15, 0.2) is 0 Å². The lowest BCUT2D eigenvalue weighted by Crippen LogP contribution is -2.37. The number of hydrogen-bond acceptors (Lipinski definition) is 2. The highest BCUT2D eigenvalue weighted by atomic mass is 32.2. The van der Waals surface area contributed by atoms with Gasteiger partial charge in [-0.2, -0.15) is 13.2 Å². The van der Waals surface area contributed by atoms with Crippen molar-refractivity contribution in [2.75, 3.05) is 0 Å². The summed E-state index contributed by atoms with van der Waals surface area (Å²) in [7, 11) is -4.98. The van der Waals surface area contributed by atoms with Crippen LogP contribution in [-0.4, -0.2) is 19.9 Å². The first-order valence-corrected chi connectivity index (χ1v) is 7.12. The highest BCUT2D eigenvalue weighted by Gasteiger charge is 2.51. The zero-order chi connectivity index (χ0) is 12.8. The van der Waals surface area contributed by atoms with Gasteiger partial charge in [-0.05, 0) is 0 Å². The molecule has 0 aliphatic heterocycles. The molecule has 96 valence electrons. The summed E-state index contributed by atoms with van der Waals surface area (Å²) in [6, 6.07) is 0. The molecule has 0 aliphatic carbocycles. The fraction of sp³-hybridized carbons (Fsp3) is 1.00. The highest BCUT2D eigenvalue weighted by molar-refractivity contribution is 8.19. The second-order valence-electron chi connectivity index (χ2n) is 3.90. The molecule has 0 saturated carbocycles. The number of hydrogen-bond donors (Lipinski definition) is 0. The molecule has 0 heterocycles. The van der Waals surface area contributed by atoms with Crippen molar-refractivity contribution in [3.8, 4) is 0 Å². The van der Waals surface area contributed by atoms with E-state index in [1.54, 1.807) is 0 Å². The Hall–Kier alpha value is -0.195. The molecule has 0 aromatic rings. The van der Waals surface area contributed by atoms with Crippen LogP contribution in [0, 0.1) is 0 Å². The molecule has 0 fully saturated rings. The van der Waals surface area contributed by atoms with Gasteiger partial charge in [-0.25, -0.2) is 8.42 Å². The first-order valence-electron chi connectivity index (χ1n) is 5.57. The zero-order valence-electron chi connectivity index (χ0n) is 9.68. The van der Waals surface area contributed by atoms with Crippen molar-refractivity contribution in [1.29, 1.82) is 0 Å². The summed E-state index contributed by atoms with van der Waals surface area (Å²) in [5.41, 5.74) is -5.11. The average Bonchev–Trinajstić information content (AvgIpc) is 2.16. The Morgan fingerprint density at radius 1 is 1.00 bits per heavy atom.